The topological polar surface area (TPSA) is 117 Å². The number of fused-ring (bicyclic) bond motifs is 2. The number of para-hydroxylation sites is 1. The van der Waals surface area contributed by atoms with Crippen molar-refractivity contribution in [1.29, 1.82) is 0 Å². The Labute approximate surface area is 242 Å². The Bertz CT molecular complexity index is 1420. The summed E-state index contributed by atoms with van der Waals surface area (Å²) in [5.41, 5.74) is 0.728. The summed E-state index contributed by atoms with van der Waals surface area (Å²) in [5.74, 6) is -1.58. The fraction of sp³-hybridized carbons (Fsp3) is 0.367. The van der Waals surface area contributed by atoms with Crippen LogP contribution in [-0.4, -0.2) is 60.3 Å². The van der Waals surface area contributed by atoms with Gasteiger partial charge in [0.25, 0.3) is 0 Å². The molecule has 3 N–H and O–H groups in total. The number of aromatic carboxylic acids is 1. The van der Waals surface area contributed by atoms with Gasteiger partial charge in [-0.2, -0.15) is 0 Å². The second-order valence-electron chi connectivity index (χ2n) is 10.8. The first-order chi connectivity index (χ1) is 18.9. The lowest BCUT2D eigenvalue weighted by Crippen LogP contribution is -2.51. The zero-order chi connectivity index (χ0) is 29.0. The Morgan fingerprint density at radius 1 is 1.12 bits per heavy atom. The van der Waals surface area contributed by atoms with Crippen molar-refractivity contribution in [1.82, 2.24) is 10.6 Å². The summed E-state index contributed by atoms with van der Waals surface area (Å²) < 4.78 is 12.3. The number of ether oxygens (including phenoxy) is 2. The number of halogens is 1. The van der Waals surface area contributed by atoms with E-state index in [2.05, 4.69) is 26.6 Å². The summed E-state index contributed by atoms with van der Waals surface area (Å²) in [6.07, 6.45) is 0. The second kappa shape index (κ2) is 12.4. The van der Waals surface area contributed by atoms with Crippen molar-refractivity contribution in [3.63, 3.8) is 0 Å². The van der Waals surface area contributed by atoms with Crippen molar-refractivity contribution in [2.24, 2.45) is 0 Å². The first-order valence-corrected chi connectivity index (χ1v) is 13.9. The largest absolute Gasteiger partial charge is 0.488 e. The molecule has 1 aliphatic rings. The average molecular weight is 613 g/mol. The molecule has 0 aliphatic carbocycles. The highest BCUT2D eigenvalue weighted by molar-refractivity contribution is 9.10. The van der Waals surface area contributed by atoms with E-state index in [0.29, 0.717) is 12.2 Å². The number of nitrogens with zero attached hydrogens (tertiary/aromatic N) is 1. The van der Waals surface area contributed by atoms with Crippen molar-refractivity contribution < 1.29 is 29.0 Å². The van der Waals surface area contributed by atoms with Crippen LogP contribution >= 0.6 is 15.9 Å². The van der Waals surface area contributed by atoms with Crippen LogP contribution in [0.2, 0.25) is 0 Å². The molecule has 0 radical (unpaired) electrons. The monoisotopic (exact) mass is 611 g/mol. The van der Waals surface area contributed by atoms with Gasteiger partial charge in [-0.15, -0.1) is 0 Å². The zero-order valence-corrected chi connectivity index (χ0v) is 24.6. The fourth-order valence-corrected chi connectivity index (χ4v) is 5.05. The van der Waals surface area contributed by atoms with Crippen LogP contribution in [0, 0.1) is 0 Å². The molecule has 1 aliphatic heterocycles. The number of hydrogen-bond donors (Lipinski definition) is 3. The number of benzene rings is 3. The molecule has 9 nitrogen and oxygen atoms in total. The number of carbonyl (C=O) groups excluding carboxylic acids is 2. The van der Waals surface area contributed by atoms with E-state index in [1.165, 1.54) is 6.07 Å². The molecular weight excluding hydrogens is 578 g/mol. The van der Waals surface area contributed by atoms with Gasteiger partial charge in [-0.1, -0.05) is 52.3 Å². The summed E-state index contributed by atoms with van der Waals surface area (Å²) in [4.78, 5) is 39.6. The third kappa shape index (κ3) is 6.99. The van der Waals surface area contributed by atoms with Crippen LogP contribution in [0.5, 0.6) is 5.75 Å². The Hall–Kier alpha value is -3.47. The summed E-state index contributed by atoms with van der Waals surface area (Å²) >= 11 is 3.60. The summed E-state index contributed by atoms with van der Waals surface area (Å²) in [7, 11) is 0. The number of carboxylic acids is 1. The molecule has 0 fully saturated rings. The Morgan fingerprint density at radius 2 is 1.85 bits per heavy atom. The van der Waals surface area contributed by atoms with Gasteiger partial charge in [-0.05, 0) is 62.2 Å². The summed E-state index contributed by atoms with van der Waals surface area (Å²) in [6, 6.07) is 15.7. The van der Waals surface area contributed by atoms with E-state index in [4.69, 9.17) is 9.47 Å². The van der Waals surface area contributed by atoms with E-state index in [1.54, 1.807) is 17.0 Å². The van der Waals surface area contributed by atoms with Gasteiger partial charge in [0.15, 0.2) is 5.75 Å². The van der Waals surface area contributed by atoms with Crippen molar-refractivity contribution in [3.8, 4) is 5.75 Å². The van der Waals surface area contributed by atoms with Crippen molar-refractivity contribution in [2.45, 2.75) is 51.9 Å². The first kappa shape index (κ1) is 29.5. The minimum absolute atomic E-state index is 0.0102. The predicted molar refractivity (Wildman–Crippen MR) is 157 cm³/mol. The molecule has 1 amide bonds. The highest BCUT2D eigenvalue weighted by Crippen LogP contribution is 2.37. The van der Waals surface area contributed by atoms with Gasteiger partial charge in [0.2, 0.25) is 5.91 Å². The SMILES string of the molecule is C[C@@H](CN[C@H]1COc2c(C(=O)O)cccc2N(Cc2ccc(Br)c3ccccc23)C1=O)NCC(=O)OC(C)(C)C. The van der Waals surface area contributed by atoms with Crippen LogP contribution in [-0.2, 0) is 20.9 Å². The van der Waals surface area contributed by atoms with Crippen LogP contribution in [0.1, 0.15) is 43.6 Å². The standard InChI is InChI=1S/C30H34BrN3O6/c1-18(32-15-26(35)40-30(2,3)4)14-33-24-17-39-27-22(29(37)38)10-7-11-25(27)34(28(24)36)16-19-12-13-23(31)21-9-6-5-8-20(19)21/h5-13,18,24,32-33H,14-17H2,1-4H3,(H,37,38)/t18-,24-/m0/s1. The minimum Gasteiger partial charge on any atom is -0.488 e. The van der Waals surface area contributed by atoms with Crippen LogP contribution in [0.3, 0.4) is 0 Å². The number of carboxylic acid groups (broad SMARTS) is 1. The molecule has 0 saturated carbocycles. The van der Waals surface area contributed by atoms with E-state index in [1.807, 2.05) is 64.1 Å². The highest BCUT2D eigenvalue weighted by atomic mass is 79.9. The van der Waals surface area contributed by atoms with E-state index in [0.717, 1.165) is 20.8 Å². The molecule has 0 unspecified atom stereocenters. The van der Waals surface area contributed by atoms with Crippen LogP contribution in [0.25, 0.3) is 10.8 Å². The van der Waals surface area contributed by atoms with Crippen molar-refractivity contribution in [2.75, 3.05) is 24.6 Å². The Morgan fingerprint density at radius 3 is 2.55 bits per heavy atom. The number of rotatable bonds is 9. The van der Waals surface area contributed by atoms with Crippen LogP contribution in [0.4, 0.5) is 5.69 Å². The van der Waals surface area contributed by atoms with Gasteiger partial charge in [-0.25, -0.2) is 4.79 Å². The van der Waals surface area contributed by atoms with E-state index >= 15 is 0 Å². The summed E-state index contributed by atoms with van der Waals surface area (Å²) in [5, 5.41) is 18.2. The molecule has 4 rings (SSSR count). The Kier molecular flexibility index (Phi) is 9.12. The molecule has 0 bridgehead atoms. The summed E-state index contributed by atoms with van der Waals surface area (Å²) in [6.45, 7) is 7.88. The molecule has 3 aromatic rings. The number of carbonyl (C=O) groups is 3. The normalized spacial score (nSPS) is 16.2. The van der Waals surface area contributed by atoms with E-state index < -0.39 is 17.6 Å². The van der Waals surface area contributed by atoms with E-state index in [9.17, 15) is 19.5 Å². The molecular formula is C30H34BrN3O6. The average Bonchev–Trinajstić information content (AvgIpc) is 3.03. The van der Waals surface area contributed by atoms with Crippen LogP contribution in [0.15, 0.2) is 59.1 Å². The molecule has 212 valence electrons. The third-order valence-electron chi connectivity index (χ3n) is 6.45. The van der Waals surface area contributed by atoms with Gasteiger partial charge >= 0.3 is 11.9 Å². The number of nitrogens with one attached hydrogen (secondary N) is 2. The molecule has 0 aromatic heterocycles. The maximum atomic E-state index is 14.0. The lowest BCUT2D eigenvalue weighted by Gasteiger charge is -2.27. The number of anilines is 1. The third-order valence-corrected chi connectivity index (χ3v) is 7.14. The minimum atomic E-state index is -1.13. The Balaban J connectivity index is 1.58. The molecule has 2 atom stereocenters. The molecule has 1 heterocycles. The van der Waals surface area contributed by atoms with Gasteiger partial charge in [0, 0.05) is 17.1 Å². The smallest absolute Gasteiger partial charge is 0.339 e. The molecule has 40 heavy (non-hydrogen) atoms. The second-order valence-corrected chi connectivity index (χ2v) is 11.6. The molecule has 0 spiro atoms. The predicted octanol–water partition coefficient (Wildman–Crippen LogP) is 4.50. The van der Waals surface area contributed by atoms with Crippen LogP contribution < -0.4 is 20.3 Å². The quantitative estimate of drug-likeness (QED) is 0.303. The van der Waals surface area contributed by atoms with E-state index in [-0.39, 0.29) is 48.9 Å². The van der Waals surface area contributed by atoms with Gasteiger partial charge in [-0.3, -0.25) is 9.59 Å². The maximum absolute atomic E-state index is 14.0. The van der Waals surface area contributed by atoms with Crippen molar-refractivity contribution >= 4 is 50.2 Å². The molecule has 3 aromatic carbocycles. The van der Waals surface area contributed by atoms with Crippen molar-refractivity contribution in [3.05, 3.63) is 70.2 Å². The number of esters is 1. The highest BCUT2D eigenvalue weighted by Gasteiger charge is 2.34. The molecule has 10 heteroatoms. The lowest BCUT2D eigenvalue weighted by molar-refractivity contribution is -0.153. The first-order valence-electron chi connectivity index (χ1n) is 13.1. The van der Waals surface area contributed by atoms with Gasteiger partial charge in [0.05, 0.1) is 18.8 Å². The van der Waals surface area contributed by atoms with Gasteiger partial charge < -0.3 is 30.1 Å². The zero-order valence-electron chi connectivity index (χ0n) is 23.0. The number of hydrogen-bond acceptors (Lipinski definition) is 7. The molecule has 0 saturated heterocycles. The van der Waals surface area contributed by atoms with Gasteiger partial charge in [0.1, 0.15) is 23.8 Å². The number of amides is 1. The lowest BCUT2D eigenvalue weighted by atomic mass is 10.0. The maximum Gasteiger partial charge on any atom is 0.339 e. The fourth-order valence-electron chi connectivity index (χ4n) is 4.57.